The average molecular weight is 407 g/mol. The molecule has 0 bridgehead atoms. The summed E-state index contributed by atoms with van der Waals surface area (Å²) in [6.07, 6.45) is 0. The molecule has 0 saturated heterocycles. The van der Waals surface area contributed by atoms with Gasteiger partial charge in [0.15, 0.2) is 6.61 Å². The van der Waals surface area contributed by atoms with Crippen molar-refractivity contribution in [2.75, 3.05) is 13.2 Å². The molecule has 7 nitrogen and oxygen atoms in total. The SMILES string of the molecule is CC(C)NC(=O)CNC(=O)COC(=O)c1cc(C(C)(C)C)c(O)c(C(C)(C)C)c1. The predicted octanol–water partition coefficient (Wildman–Crippen LogP) is 2.78. The Balaban J connectivity index is 2.91. The number of phenols is 1. The lowest BCUT2D eigenvalue weighted by Crippen LogP contribution is -2.41. The van der Waals surface area contributed by atoms with Crippen molar-refractivity contribution in [3.05, 3.63) is 28.8 Å². The number of aromatic hydroxyl groups is 1. The molecule has 7 heteroatoms. The lowest BCUT2D eigenvalue weighted by Gasteiger charge is -2.27. The zero-order valence-corrected chi connectivity index (χ0v) is 18.7. The van der Waals surface area contributed by atoms with Gasteiger partial charge in [-0.25, -0.2) is 4.79 Å². The molecule has 1 rings (SSSR count). The Morgan fingerprint density at radius 3 is 1.86 bits per heavy atom. The molecule has 29 heavy (non-hydrogen) atoms. The molecule has 1 aromatic rings. The summed E-state index contributed by atoms with van der Waals surface area (Å²) in [4.78, 5) is 36.0. The van der Waals surface area contributed by atoms with Crippen molar-refractivity contribution in [3.63, 3.8) is 0 Å². The number of esters is 1. The third kappa shape index (κ3) is 7.40. The van der Waals surface area contributed by atoms with E-state index < -0.39 is 18.5 Å². The van der Waals surface area contributed by atoms with Gasteiger partial charge in [0.05, 0.1) is 12.1 Å². The molecular formula is C22H34N2O5. The second-order valence-electron chi connectivity index (χ2n) is 9.50. The van der Waals surface area contributed by atoms with E-state index in [1.165, 1.54) is 0 Å². The van der Waals surface area contributed by atoms with Crippen LogP contribution in [-0.4, -0.2) is 42.1 Å². The van der Waals surface area contributed by atoms with Crippen molar-refractivity contribution in [1.29, 1.82) is 0 Å². The number of carbonyl (C=O) groups excluding carboxylic acids is 3. The molecular weight excluding hydrogens is 372 g/mol. The maximum absolute atomic E-state index is 12.5. The summed E-state index contributed by atoms with van der Waals surface area (Å²) in [5.74, 6) is -1.38. The number of rotatable bonds is 6. The number of hydrogen-bond donors (Lipinski definition) is 3. The Kier molecular flexibility index (Phi) is 7.83. The highest BCUT2D eigenvalue weighted by Gasteiger charge is 2.28. The Hall–Kier alpha value is -2.57. The van der Waals surface area contributed by atoms with Crippen molar-refractivity contribution in [2.45, 2.75) is 72.3 Å². The van der Waals surface area contributed by atoms with Crippen molar-refractivity contribution in [2.24, 2.45) is 0 Å². The third-order valence-electron chi connectivity index (χ3n) is 4.19. The molecule has 162 valence electrons. The number of hydrogen-bond acceptors (Lipinski definition) is 5. The molecule has 0 fully saturated rings. The number of phenolic OH excluding ortho intramolecular Hbond substituents is 1. The summed E-state index contributed by atoms with van der Waals surface area (Å²) >= 11 is 0. The van der Waals surface area contributed by atoms with E-state index in [4.69, 9.17) is 4.74 Å². The number of carbonyl (C=O) groups is 3. The van der Waals surface area contributed by atoms with E-state index in [0.717, 1.165) is 0 Å². The normalized spacial score (nSPS) is 11.9. The van der Waals surface area contributed by atoms with Crippen molar-refractivity contribution >= 4 is 17.8 Å². The Morgan fingerprint density at radius 2 is 1.45 bits per heavy atom. The molecule has 0 spiro atoms. The van der Waals surface area contributed by atoms with Crippen LogP contribution in [0.15, 0.2) is 12.1 Å². The second kappa shape index (κ2) is 9.29. The van der Waals surface area contributed by atoms with E-state index in [2.05, 4.69) is 10.6 Å². The summed E-state index contributed by atoms with van der Waals surface area (Å²) in [5, 5.41) is 15.8. The first-order valence-electron chi connectivity index (χ1n) is 9.74. The van der Waals surface area contributed by atoms with E-state index in [9.17, 15) is 19.5 Å². The minimum absolute atomic E-state index is 0.0271. The molecule has 3 N–H and O–H groups in total. The summed E-state index contributed by atoms with van der Waals surface area (Å²) in [6, 6.07) is 3.17. The number of benzene rings is 1. The first-order chi connectivity index (χ1) is 13.1. The molecule has 0 aliphatic rings. The van der Waals surface area contributed by atoms with Crippen LogP contribution in [0.4, 0.5) is 0 Å². The zero-order valence-electron chi connectivity index (χ0n) is 18.7. The summed E-state index contributed by atoms with van der Waals surface area (Å²) < 4.78 is 5.11. The highest BCUT2D eigenvalue weighted by Crippen LogP contribution is 2.39. The molecule has 2 amide bonds. The van der Waals surface area contributed by atoms with Gasteiger partial charge in [-0.05, 0) is 36.8 Å². The smallest absolute Gasteiger partial charge is 0.338 e. The number of ether oxygens (including phenoxy) is 1. The van der Waals surface area contributed by atoms with Crippen LogP contribution in [0.25, 0.3) is 0 Å². The van der Waals surface area contributed by atoms with E-state index in [1.807, 2.05) is 55.4 Å². The molecule has 0 unspecified atom stereocenters. The van der Waals surface area contributed by atoms with Gasteiger partial charge in [0.1, 0.15) is 5.75 Å². The van der Waals surface area contributed by atoms with Gasteiger partial charge in [-0.15, -0.1) is 0 Å². The fraction of sp³-hybridized carbons (Fsp3) is 0.591. The van der Waals surface area contributed by atoms with Gasteiger partial charge in [0.25, 0.3) is 5.91 Å². The Labute approximate surface area is 173 Å². The summed E-state index contributed by atoms with van der Waals surface area (Å²) in [5.41, 5.74) is 0.754. The molecule has 0 aliphatic heterocycles. The maximum Gasteiger partial charge on any atom is 0.338 e. The van der Waals surface area contributed by atoms with Crippen molar-refractivity contribution in [3.8, 4) is 5.75 Å². The topological polar surface area (TPSA) is 105 Å². The quantitative estimate of drug-likeness (QED) is 0.630. The highest BCUT2D eigenvalue weighted by molar-refractivity contribution is 5.93. The molecule has 0 heterocycles. The predicted molar refractivity (Wildman–Crippen MR) is 112 cm³/mol. The average Bonchev–Trinajstić information content (AvgIpc) is 2.55. The van der Waals surface area contributed by atoms with Crippen LogP contribution >= 0.6 is 0 Å². The molecule has 1 aromatic carbocycles. The minimum atomic E-state index is -0.664. The van der Waals surface area contributed by atoms with Crippen molar-refractivity contribution < 1.29 is 24.2 Å². The number of nitrogens with one attached hydrogen (secondary N) is 2. The summed E-state index contributed by atoms with van der Waals surface area (Å²) in [7, 11) is 0. The molecule has 0 atom stereocenters. The van der Waals surface area contributed by atoms with Crippen molar-refractivity contribution in [1.82, 2.24) is 10.6 Å². The van der Waals surface area contributed by atoms with Crippen LogP contribution in [0.1, 0.15) is 76.9 Å². The van der Waals surface area contributed by atoms with Gasteiger partial charge in [-0.3, -0.25) is 9.59 Å². The molecule has 0 aromatic heterocycles. The van der Waals surface area contributed by atoms with Gasteiger partial charge in [-0.1, -0.05) is 41.5 Å². The van der Waals surface area contributed by atoms with Gasteiger partial charge in [0, 0.05) is 17.2 Å². The molecule has 0 radical (unpaired) electrons. The fourth-order valence-electron chi connectivity index (χ4n) is 2.71. The first kappa shape index (κ1) is 24.5. The van der Waals surface area contributed by atoms with E-state index in [1.54, 1.807) is 12.1 Å². The van der Waals surface area contributed by atoms with Crippen LogP contribution < -0.4 is 10.6 Å². The lowest BCUT2D eigenvalue weighted by atomic mass is 9.78. The van der Waals surface area contributed by atoms with E-state index in [0.29, 0.717) is 11.1 Å². The van der Waals surface area contributed by atoms with Crippen LogP contribution in [0.3, 0.4) is 0 Å². The number of amides is 2. The fourth-order valence-corrected chi connectivity index (χ4v) is 2.71. The van der Waals surface area contributed by atoms with Crippen LogP contribution in [0.5, 0.6) is 5.75 Å². The molecule has 0 aliphatic carbocycles. The monoisotopic (exact) mass is 406 g/mol. The minimum Gasteiger partial charge on any atom is -0.507 e. The van der Waals surface area contributed by atoms with E-state index >= 15 is 0 Å². The standard InChI is InChI=1S/C22H34N2O5/c1-13(2)24-17(25)11-23-18(26)12-29-20(28)14-9-15(21(3,4)5)19(27)16(10-14)22(6,7)8/h9-10,13,27H,11-12H2,1-8H3,(H,23,26)(H,24,25). The largest absolute Gasteiger partial charge is 0.507 e. The Bertz CT molecular complexity index is 735. The second-order valence-corrected chi connectivity index (χ2v) is 9.50. The third-order valence-corrected chi connectivity index (χ3v) is 4.19. The zero-order chi connectivity index (χ0) is 22.6. The molecule has 0 saturated carbocycles. The van der Waals surface area contributed by atoms with Gasteiger partial charge >= 0.3 is 5.97 Å². The van der Waals surface area contributed by atoms with Gasteiger partial charge in [0.2, 0.25) is 5.91 Å². The maximum atomic E-state index is 12.5. The Morgan fingerprint density at radius 1 is 0.966 bits per heavy atom. The van der Waals surface area contributed by atoms with Crippen LogP contribution in [0.2, 0.25) is 0 Å². The lowest BCUT2D eigenvalue weighted by molar-refractivity contribution is -0.128. The van der Waals surface area contributed by atoms with Crippen LogP contribution in [-0.2, 0) is 25.2 Å². The van der Waals surface area contributed by atoms with Gasteiger partial charge in [-0.2, -0.15) is 0 Å². The van der Waals surface area contributed by atoms with Crippen LogP contribution in [0, 0.1) is 0 Å². The van der Waals surface area contributed by atoms with Gasteiger partial charge < -0.3 is 20.5 Å². The first-order valence-corrected chi connectivity index (χ1v) is 9.74. The van der Waals surface area contributed by atoms with E-state index in [-0.39, 0.29) is 40.6 Å². The highest BCUT2D eigenvalue weighted by atomic mass is 16.5. The summed E-state index contributed by atoms with van der Waals surface area (Å²) in [6.45, 7) is 14.6.